The van der Waals surface area contributed by atoms with Gasteiger partial charge >= 0.3 is 0 Å². The fourth-order valence-electron chi connectivity index (χ4n) is 4.17. The Morgan fingerprint density at radius 2 is 1.66 bits per heavy atom. The van der Waals surface area contributed by atoms with Crippen molar-refractivity contribution in [2.45, 2.75) is 18.8 Å². The Morgan fingerprint density at radius 3 is 2.44 bits per heavy atom. The number of carbonyl (C=O) groups is 2. The van der Waals surface area contributed by atoms with Gasteiger partial charge in [0.25, 0.3) is 5.56 Å². The molecule has 1 unspecified atom stereocenters. The second-order valence-corrected chi connectivity index (χ2v) is 7.74. The lowest BCUT2D eigenvalue weighted by Crippen LogP contribution is -2.31. The van der Waals surface area contributed by atoms with Crippen molar-refractivity contribution in [2.75, 3.05) is 4.90 Å². The minimum Gasteiger partial charge on any atom is -0.274 e. The zero-order chi connectivity index (χ0) is 22.2. The standard InChI is InChI=1S/C25H18FN3O3/c26-20-11-10-15(12-21-17-8-4-5-9-18(17)24(31)28-27-21)13-22(20)29-23(30)14-19(25(29)32)16-6-2-1-3-7-16/h1-11,13,19H,12,14H2,(H,28,31). The van der Waals surface area contributed by atoms with E-state index in [9.17, 15) is 18.8 Å². The Balaban J connectivity index is 1.50. The van der Waals surface area contributed by atoms with Gasteiger partial charge < -0.3 is 0 Å². The van der Waals surface area contributed by atoms with Crippen LogP contribution in [0.25, 0.3) is 10.8 Å². The van der Waals surface area contributed by atoms with Gasteiger partial charge in [0, 0.05) is 18.2 Å². The topological polar surface area (TPSA) is 83.1 Å². The molecule has 158 valence electrons. The number of hydrogen-bond acceptors (Lipinski definition) is 4. The van der Waals surface area contributed by atoms with E-state index in [4.69, 9.17) is 0 Å². The van der Waals surface area contributed by atoms with Crippen molar-refractivity contribution in [1.82, 2.24) is 10.2 Å². The third kappa shape index (κ3) is 3.37. The molecule has 2 amide bonds. The van der Waals surface area contributed by atoms with Crippen LogP contribution in [0.2, 0.25) is 0 Å². The molecule has 0 radical (unpaired) electrons. The normalized spacial score (nSPS) is 16.2. The highest BCUT2D eigenvalue weighted by molar-refractivity contribution is 6.22. The van der Waals surface area contributed by atoms with Crippen LogP contribution >= 0.6 is 0 Å². The molecular weight excluding hydrogens is 409 g/mol. The van der Waals surface area contributed by atoms with Crippen LogP contribution in [-0.2, 0) is 16.0 Å². The maximum Gasteiger partial charge on any atom is 0.272 e. The maximum atomic E-state index is 14.7. The van der Waals surface area contributed by atoms with Crippen LogP contribution in [0.4, 0.5) is 10.1 Å². The molecule has 1 saturated heterocycles. The van der Waals surface area contributed by atoms with Crippen molar-refractivity contribution < 1.29 is 14.0 Å². The van der Waals surface area contributed by atoms with Gasteiger partial charge in [-0.2, -0.15) is 5.10 Å². The fourth-order valence-corrected chi connectivity index (χ4v) is 4.17. The predicted molar refractivity (Wildman–Crippen MR) is 118 cm³/mol. The van der Waals surface area contributed by atoms with Gasteiger partial charge in [0.2, 0.25) is 11.8 Å². The summed E-state index contributed by atoms with van der Waals surface area (Å²) < 4.78 is 14.7. The van der Waals surface area contributed by atoms with E-state index in [1.54, 1.807) is 48.5 Å². The second kappa shape index (κ2) is 7.85. The van der Waals surface area contributed by atoms with Gasteiger partial charge in [0.05, 0.1) is 22.7 Å². The average molecular weight is 427 g/mol. The number of imide groups is 1. The summed E-state index contributed by atoms with van der Waals surface area (Å²) in [6.45, 7) is 0. The van der Waals surface area contributed by atoms with Gasteiger partial charge in [-0.05, 0) is 29.3 Å². The minimum atomic E-state index is -0.650. The molecule has 1 aromatic heterocycles. The zero-order valence-electron chi connectivity index (χ0n) is 16.9. The Morgan fingerprint density at radius 1 is 0.938 bits per heavy atom. The van der Waals surface area contributed by atoms with Gasteiger partial charge in [-0.15, -0.1) is 0 Å². The van der Waals surface area contributed by atoms with Crippen LogP contribution < -0.4 is 10.5 Å². The Kier molecular flexibility index (Phi) is 4.86. The van der Waals surface area contributed by atoms with E-state index in [1.165, 1.54) is 12.1 Å². The lowest BCUT2D eigenvalue weighted by molar-refractivity contribution is -0.121. The van der Waals surface area contributed by atoms with Crippen LogP contribution in [-0.4, -0.2) is 22.0 Å². The minimum absolute atomic E-state index is 0.00136. The maximum absolute atomic E-state index is 14.7. The summed E-state index contributed by atoms with van der Waals surface area (Å²) in [6.07, 6.45) is 0.293. The van der Waals surface area contributed by atoms with E-state index < -0.39 is 23.5 Å². The molecule has 1 N–H and O–H groups in total. The average Bonchev–Trinajstić information content (AvgIpc) is 3.11. The first-order chi connectivity index (χ1) is 15.5. The lowest BCUT2D eigenvalue weighted by Gasteiger charge is -2.17. The van der Waals surface area contributed by atoms with Crippen molar-refractivity contribution in [3.05, 3.63) is 106 Å². The first kappa shape index (κ1) is 19.8. The zero-order valence-corrected chi connectivity index (χ0v) is 16.9. The quantitative estimate of drug-likeness (QED) is 0.504. The van der Waals surface area contributed by atoms with Crippen LogP contribution in [0.15, 0.2) is 77.6 Å². The third-order valence-electron chi connectivity index (χ3n) is 5.75. The SMILES string of the molecule is O=C1CC(c2ccccc2)C(=O)N1c1cc(Cc2n[nH]c(=O)c3ccccc23)ccc1F. The van der Waals surface area contributed by atoms with E-state index in [0.717, 1.165) is 10.5 Å². The summed E-state index contributed by atoms with van der Waals surface area (Å²) in [4.78, 5) is 38.7. The summed E-state index contributed by atoms with van der Waals surface area (Å²) in [5.74, 6) is -2.16. The molecule has 2 heterocycles. The molecule has 1 fully saturated rings. The monoisotopic (exact) mass is 427 g/mol. The molecule has 6 nitrogen and oxygen atoms in total. The van der Waals surface area contributed by atoms with Gasteiger partial charge in [-0.3, -0.25) is 14.4 Å². The fraction of sp³-hybridized carbons (Fsp3) is 0.120. The van der Waals surface area contributed by atoms with E-state index in [0.29, 0.717) is 28.5 Å². The number of aromatic amines is 1. The van der Waals surface area contributed by atoms with Gasteiger partial charge in [0.1, 0.15) is 5.82 Å². The highest BCUT2D eigenvalue weighted by atomic mass is 19.1. The molecule has 4 aromatic rings. The first-order valence-corrected chi connectivity index (χ1v) is 10.2. The van der Waals surface area contributed by atoms with Crippen molar-refractivity contribution >= 4 is 28.3 Å². The van der Waals surface area contributed by atoms with Crippen molar-refractivity contribution in [3.63, 3.8) is 0 Å². The van der Waals surface area contributed by atoms with Crippen LogP contribution in [0.3, 0.4) is 0 Å². The lowest BCUT2D eigenvalue weighted by atomic mass is 9.98. The predicted octanol–water partition coefficient (Wildman–Crippen LogP) is 3.70. The number of carbonyl (C=O) groups excluding carboxylic acids is 2. The third-order valence-corrected chi connectivity index (χ3v) is 5.75. The number of anilines is 1. The highest BCUT2D eigenvalue weighted by Gasteiger charge is 2.41. The van der Waals surface area contributed by atoms with E-state index in [-0.39, 0.29) is 17.7 Å². The van der Waals surface area contributed by atoms with E-state index in [1.807, 2.05) is 12.1 Å². The van der Waals surface area contributed by atoms with Gasteiger partial charge in [0.15, 0.2) is 0 Å². The number of nitrogens with zero attached hydrogens (tertiary/aromatic N) is 2. The van der Waals surface area contributed by atoms with Crippen LogP contribution in [0.5, 0.6) is 0 Å². The summed E-state index contributed by atoms with van der Waals surface area (Å²) in [5.41, 5.74) is 1.65. The molecule has 5 rings (SSSR count). The second-order valence-electron chi connectivity index (χ2n) is 7.74. The summed E-state index contributed by atoms with van der Waals surface area (Å²) >= 11 is 0. The van der Waals surface area contributed by atoms with Crippen LogP contribution in [0.1, 0.15) is 29.2 Å². The molecule has 0 saturated carbocycles. The molecular formula is C25H18FN3O3. The van der Waals surface area contributed by atoms with Gasteiger partial charge in [-0.25, -0.2) is 14.4 Å². The number of fused-ring (bicyclic) bond motifs is 1. The largest absolute Gasteiger partial charge is 0.274 e. The highest BCUT2D eigenvalue weighted by Crippen LogP contribution is 2.35. The number of hydrogen-bond donors (Lipinski definition) is 1. The molecule has 1 aliphatic rings. The van der Waals surface area contributed by atoms with E-state index in [2.05, 4.69) is 10.2 Å². The number of benzene rings is 3. The molecule has 0 bridgehead atoms. The Hall–Kier alpha value is -4.13. The molecule has 1 atom stereocenters. The Labute approximate surface area is 182 Å². The summed E-state index contributed by atoms with van der Waals surface area (Å²) in [7, 11) is 0. The number of nitrogens with one attached hydrogen (secondary N) is 1. The molecule has 7 heteroatoms. The van der Waals surface area contributed by atoms with Crippen molar-refractivity contribution in [3.8, 4) is 0 Å². The Bertz CT molecular complexity index is 1420. The van der Waals surface area contributed by atoms with Crippen molar-refractivity contribution in [1.29, 1.82) is 0 Å². The molecule has 32 heavy (non-hydrogen) atoms. The molecule has 0 spiro atoms. The number of aromatic nitrogens is 2. The number of amides is 2. The number of halogens is 1. The number of H-pyrrole nitrogens is 1. The molecule has 1 aliphatic heterocycles. The molecule has 3 aromatic carbocycles. The summed E-state index contributed by atoms with van der Waals surface area (Å²) in [6, 6.07) is 20.4. The number of rotatable bonds is 4. The van der Waals surface area contributed by atoms with Crippen molar-refractivity contribution in [2.24, 2.45) is 0 Å². The first-order valence-electron chi connectivity index (χ1n) is 10.2. The molecule has 0 aliphatic carbocycles. The van der Waals surface area contributed by atoms with Crippen LogP contribution in [0, 0.1) is 5.82 Å². The smallest absolute Gasteiger partial charge is 0.272 e. The van der Waals surface area contributed by atoms with E-state index >= 15 is 0 Å². The summed E-state index contributed by atoms with van der Waals surface area (Å²) in [5, 5.41) is 7.84. The van der Waals surface area contributed by atoms with Gasteiger partial charge in [-0.1, -0.05) is 54.6 Å².